The van der Waals surface area contributed by atoms with Crippen LogP contribution in [0.3, 0.4) is 0 Å². The first-order chi connectivity index (χ1) is 10.2. The molecule has 0 heterocycles. The zero-order valence-corrected chi connectivity index (χ0v) is 12.9. The minimum Gasteiger partial charge on any atom is -0.309 e. The molecule has 0 aliphatic carbocycles. The first-order valence-corrected chi connectivity index (χ1v) is 7.43. The van der Waals surface area contributed by atoms with Gasteiger partial charge < -0.3 is 5.32 Å². The minimum atomic E-state index is 0.219. The van der Waals surface area contributed by atoms with E-state index in [4.69, 9.17) is 0 Å². The van der Waals surface area contributed by atoms with E-state index >= 15 is 0 Å². The van der Waals surface area contributed by atoms with Crippen molar-refractivity contribution in [3.8, 4) is 0 Å². The highest BCUT2D eigenvalue weighted by atomic mass is 14.9. The Kier molecular flexibility index (Phi) is 3.76. The average Bonchev–Trinajstić information content (AvgIpc) is 2.50. The topological polar surface area (TPSA) is 12.0 Å². The van der Waals surface area contributed by atoms with Crippen molar-refractivity contribution in [2.75, 3.05) is 7.05 Å². The number of rotatable bonds is 3. The van der Waals surface area contributed by atoms with Gasteiger partial charge in [0.05, 0.1) is 6.04 Å². The number of aryl methyl sites for hydroxylation is 2. The van der Waals surface area contributed by atoms with Crippen molar-refractivity contribution in [2.45, 2.75) is 19.9 Å². The molecule has 0 aliphatic heterocycles. The van der Waals surface area contributed by atoms with E-state index in [1.165, 1.54) is 33.0 Å². The minimum absolute atomic E-state index is 0.219. The summed E-state index contributed by atoms with van der Waals surface area (Å²) in [6, 6.07) is 22.0. The molecule has 3 rings (SSSR count). The lowest BCUT2D eigenvalue weighted by molar-refractivity contribution is 0.692. The van der Waals surface area contributed by atoms with Crippen LogP contribution in [0.5, 0.6) is 0 Å². The van der Waals surface area contributed by atoms with Crippen LogP contribution in [0.4, 0.5) is 0 Å². The molecule has 0 amide bonds. The van der Waals surface area contributed by atoms with Gasteiger partial charge in [0, 0.05) is 0 Å². The Bertz CT molecular complexity index is 774. The first-order valence-electron chi connectivity index (χ1n) is 7.43. The van der Waals surface area contributed by atoms with E-state index in [2.05, 4.69) is 79.8 Å². The molecule has 0 aliphatic rings. The van der Waals surface area contributed by atoms with E-state index in [0.717, 1.165) is 0 Å². The van der Waals surface area contributed by atoms with Crippen molar-refractivity contribution in [3.05, 3.63) is 82.9 Å². The van der Waals surface area contributed by atoms with Crippen LogP contribution < -0.4 is 5.32 Å². The van der Waals surface area contributed by atoms with Crippen LogP contribution in [0.25, 0.3) is 10.8 Å². The van der Waals surface area contributed by atoms with Gasteiger partial charge in [-0.2, -0.15) is 0 Å². The van der Waals surface area contributed by atoms with E-state index < -0.39 is 0 Å². The van der Waals surface area contributed by atoms with E-state index in [-0.39, 0.29) is 6.04 Å². The summed E-state index contributed by atoms with van der Waals surface area (Å²) in [6.07, 6.45) is 0. The smallest absolute Gasteiger partial charge is 0.0583 e. The van der Waals surface area contributed by atoms with Crippen LogP contribution in [0.1, 0.15) is 28.3 Å². The van der Waals surface area contributed by atoms with E-state index in [9.17, 15) is 0 Å². The third-order valence-electron chi connectivity index (χ3n) is 4.14. The van der Waals surface area contributed by atoms with Crippen molar-refractivity contribution in [1.29, 1.82) is 0 Å². The summed E-state index contributed by atoms with van der Waals surface area (Å²) in [6.45, 7) is 4.34. The molecule has 0 saturated carbocycles. The number of nitrogens with one attached hydrogen (secondary N) is 1. The largest absolute Gasteiger partial charge is 0.309 e. The zero-order valence-electron chi connectivity index (χ0n) is 12.9. The molecule has 0 saturated heterocycles. The fourth-order valence-corrected chi connectivity index (χ4v) is 3.12. The Balaban J connectivity index is 2.24. The lowest BCUT2D eigenvalue weighted by atomic mass is 9.90. The molecule has 21 heavy (non-hydrogen) atoms. The third kappa shape index (κ3) is 2.57. The van der Waals surface area contributed by atoms with Gasteiger partial charge in [-0.3, -0.25) is 0 Å². The lowest BCUT2D eigenvalue weighted by Crippen LogP contribution is -2.19. The fourth-order valence-electron chi connectivity index (χ4n) is 3.12. The Morgan fingerprint density at radius 2 is 1.67 bits per heavy atom. The van der Waals surface area contributed by atoms with Crippen LogP contribution >= 0.6 is 0 Å². The Hall–Kier alpha value is -2.12. The van der Waals surface area contributed by atoms with Crippen LogP contribution in [0.15, 0.2) is 60.7 Å². The van der Waals surface area contributed by atoms with E-state index in [0.29, 0.717) is 0 Å². The van der Waals surface area contributed by atoms with Gasteiger partial charge in [-0.15, -0.1) is 0 Å². The summed E-state index contributed by atoms with van der Waals surface area (Å²) >= 11 is 0. The molecular formula is C20H21N. The van der Waals surface area contributed by atoms with Gasteiger partial charge in [-0.05, 0) is 48.4 Å². The quantitative estimate of drug-likeness (QED) is 0.726. The van der Waals surface area contributed by atoms with Crippen LogP contribution in [0, 0.1) is 13.8 Å². The van der Waals surface area contributed by atoms with Crippen molar-refractivity contribution in [1.82, 2.24) is 5.32 Å². The Morgan fingerprint density at radius 3 is 2.43 bits per heavy atom. The predicted molar refractivity (Wildman–Crippen MR) is 90.8 cm³/mol. The lowest BCUT2D eigenvalue weighted by Gasteiger charge is -2.22. The molecule has 0 fully saturated rings. The maximum Gasteiger partial charge on any atom is 0.0583 e. The second-order valence-electron chi connectivity index (χ2n) is 5.65. The standard InChI is InChI=1S/C20H21N/c1-14-7-6-9-17(13-14)20(21-3)19-15(2)11-12-16-8-4-5-10-18(16)19/h4-13,20-21H,1-3H3. The molecule has 1 N–H and O–H groups in total. The highest BCUT2D eigenvalue weighted by Crippen LogP contribution is 2.31. The summed E-state index contributed by atoms with van der Waals surface area (Å²) in [7, 11) is 2.04. The molecule has 3 aromatic rings. The molecule has 1 atom stereocenters. The van der Waals surface area contributed by atoms with Gasteiger partial charge in [-0.1, -0.05) is 66.2 Å². The molecule has 1 heteroatoms. The van der Waals surface area contributed by atoms with Gasteiger partial charge >= 0.3 is 0 Å². The van der Waals surface area contributed by atoms with Crippen LogP contribution in [-0.4, -0.2) is 7.05 Å². The Labute approximate surface area is 126 Å². The number of benzene rings is 3. The molecular weight excluding hydrogens is 254 g/mol. The van der Waals surface area contributed by atoms with E-state index in [1.807, 2.05) is 7.05 Å². The van der Waals surface area contributed by atoms with Gasteiger partial charge in [-0.25, -0.2) is 0 Å². The van der Waals surface area contributed by atoms with Crippen molar-refractivity contribution in [2.24, 2.45) is 0 Å². The Morgan fingerprint density at radius 1 is 0.857 bits per heavy atom. The van der Waals surface area contributed by atoms with Gasteiger partial charge in [0.15, 0.2) is 0 Å². The molecule has 0 spiro atoms. The van der Waals surface area contributed by atoms with Gasteiger partial charge in [0.1, 0.15) is 0 Å². The molecule has 106 valence electrons. The van der Waals surface area contributed by atoms with Crippen molar-refractivity contribution >= 4 is 10.8 Å². The third-order valence-corrected chi connectivity index (χ3v) is 4.14. The second kappa shape index (κ2) is 5.71. The SMILES string of the molecule is CNC(c1cccc(C)c1)c1c(C)ccc2ccccc12. The summed E-state index contributed by atoms with van der Waals surface area (Å²) in [5, 5.41) is 6.12. The second-order valence-corrected chi connectivity index (χ2v) is 5.65. The summed E-state index contributed by atoms with van der Waals surface area (Å²) in [4.78, 5) is 0. The van der Waals surface area contributed by atoms with Crippen molar-refractivity contribution in [3.63, 3.8) is 0 Å². The summed E-state index contributed by atoms with van der Waals surface area (Å²) in [5.74, 6) is 0. The number of hydrogen-bond acceptors (Lipinski definition) is 1. The monoisotopic (exact) mass is 275 g/mol. The molecule has 3 aromatic carbocycles. The van der Waals surface area contributed by atoms with Crippen molar-refractivity contribution < 1.29 is 0 Å². The van der Waals surface area contributed by atoms with Crippen LogP contribution in [-0.2, 0) is 0 Å². The molecule has 1 nitrogen and oxygen atoms in total. The summed E-state index contributed by atoms with van der Waals surface area (Å²) in [5.41, 5.74) is 5.32. The fraction of sp³-hybridized carbons (Fsp3) is 0.200. The van der Waals surface area contributed by atoms with Gasteiger partial charge in [0.2, 0.25) is 0 Å². The molecule has 0 bridgehead atoms. The van der Waals surface area contributed by atoms with Crippen LogP contribution in [0.2, 0.25) is 0 Å². The molecule has 1 unspecified atom stereocenters. The van der Waals surface area contributed by atoms with Gasteiger partial charge in [0.25, 0.3) is 0 Å². The first kappa shape index (κ1) is 13.8. The maximum atomic E-state index is 3.49. The normalized spacial score (nSPS) is 12.5. The van der Waals surface area contributed by atoms with E-state index in [1.54, 1.807) is 0 Å². The highest BCUT2D eigenvalue weighted by molar-refractivity contribution is 5.87. The zero-order chi connectivity index (χ0) is 14.8. The summed E-state index contributed by atoms with van der Waals surface area (Å²) < 4.78 is 0. The number of hydrogen-bond donors (Lipinski definition) is 1. The predicted octanol–water partition coefficient (Wildman–Crippen LogP) is 4.77. The molecule has 0 aromatic heterocycles. The number of fused-ring (bicyclic) bond motifs is 1. The average molecular weight is 275 g/mol. The highest BCUT2D eigenvalue weighted by Gasteiger charge is 2.17. The molecule has 0 radical (unpaired) electrons. The maximum absolute atomic E-state index is 3.49.